The molecule has 0 atom stereocenters. The van der Waals surface area contributed by atoms with Gasteiger partial charge in [-0.15, -0.1) is 11.3 Å². The summed E-state index contributed by atoms with van der Waals surface area (Å²) in [5.74, 6) is -0.0641. The molecular formula is C16H17BrN2O3S2. The van der Waals surface area contributed by atoms with Gasteiger partial charge in [0.15, 0.2) is 0 Å². The van der Waals surface area contributed by atoms with Crippen molar-refractivity contribution in [2.75, 3.05) is 11.4 Å². The summed E-state index contributed by atoms with van der Waals surface area (Å²) in [4.78, 5) is 14.9. The maximum absolute atomic E-state index is 12.8. The fourth-order valence-corrected chi connectivity index (χ4v) is 5.44. The number of rotatable bonds is 5. The van der Waals surface area contributed by atoms with Crippen LogP contribution in [0, 0.1) is 0 Å². The molecule has 5 nitrogen and oxygen atoms in total. The number of thiophene rings is 1. The molecule has 0 spiro atoms. The average molecular weight is 429 g/mol. The summed E-state index contributed by atoms with van der Waals surface area (Å²) in [5.41, 5.74) is 1.39. The van der Waals surface area contributed by atoms with Crippen molar-refractivity contribution in [3.8, 4) is 0 Å². The number of hydrogen-bond acceptors (Lipinski definition) is 4. The van der Waals surface area contributed by atoms with Crippen molar-refractivity contribution in [3.05, 3.63) is 44.6 Å². The van der Waals surface area contributed by atoms with Crippen molar-refractivity contribution in [1.82, 2.24) is 4.72 Å². The third-order valence-corrected chi connectivity index (χ3v) is 6.65. The Morgan fingerprint density at radius 3 is 2.88 bits per heavy atom. The third kappa shape index (κ3) is 3.42. The lowest BCUT2D eigenvalue weighted by Gasteiger charge is -2.20. The predicted molar refractivity (Wildman–Crippen MR) is 98.8 cm³/mol. The van der Waals surface area contributed by atoms with Crippen molar-refractivity contribution in [2.45, 2.75) is 31.2 Å². The monoisotopic (exact) mass is 428 g/mol. The molecule has 3 rings (SSSR count). The molecule has 8 heteroatoms. The lowest BCUT2D eigenvalue weighted by molar-refractivity contribution is -0.118. The van der Waals surface area contributed by atoms with E-state index in [0.29, 0.717) is 29.5 Å². The van der Waals surface area contributed by atoms with Crippen molar-refractivity contribution in [2.24, 2.45) is 0 Å². The number of carbonyl (C=O) groups is 1. The summed E-state index contributed by atoms with van der Waals surface area (Å²) < 4.78 is 29.0. The van der Waals surface area contributed by atoms with E-state index in [2.05, 4.69) is 20.7 Å². The minimum atomic E-state index is -3.73. The SMILES string of the molecule is CCC(=O)N1CCc2cc(Br)cc(S(=O)(=O)NCc3cccs3)c21. The maximum atomic E-state index is 12.8. The molecule has 0 saturated carbocycles. The molecule has 0 saturated heterocycles. The van der Waals surface area contributed by atoms with Crippen LogP contribution < -0.4 is 9.62 Å². The first-order chi connectivity index (χ1) is 11.4. The van der Waals surface area contributed by atoms with Gasteiger partial charge in [-0.1, -0.05) is 28.9 Å². The zero-order valence-corrected chi connectivity index (χ0v) is 16.3. The Morgan fingerprint density at radius 2 is 2.21 bits per heavy atom. The quantitative estimate of drug-likeness (QED) is 0.794. The minimum absolute atomic E-state index is 0.0641. The van der Waals surface area contributed by atoms with E-state index in [9.17, 15) is 13.2 Å². The number of anilines is 1. The van der Waals surface area contributed by atoms with Gasteiger partial charge < -0.3 is 4.90 Å². The van der Waals surface area contributed by atoms with E-state index in [1.807, 2.05) is 23.6 Å². The van der Waals surface area contributed by atoms with Crippen LogP contribution in [0.15, 0.2) is 39.0 Å². The van der Waals surface area contributed by atoms with Crippen LogP contribution in [0.3, 0.4) is 0 Å². The molecule has 1 aromatic carbocycles. The number of benzene rings is 1. The van der Waals surface area contributed by atoms with Gasteiger partial charge in [-0.25, -0.2) is 13.1 Å². The van der Waals surface area contributed by atoms with Crippen LogP contribution in [0.2, 0.25) is 0 Å². The fourth-order valence-electron chi connectivity index (χ4n) is 2.77. The number of amides is 1. The normalized spacial score (nSPS) is 14.0. The zero-order chi connectivity index (χ0) is 17.3. The molecule has 0 radical (unpaired) electrons. The van der Waals surface area contributed by atoms with E-state index < -0.39 is 10.0 Å². The van der Waals surface area contributed by atoms with E-state index in [0.717, 1.165) is 10.4 Å². The second kappa shape index (κ2) is 6.95. The largest absolute Gasteiger partial charge is 0.310 e. The Labute approximate surface area is 153 Å². The smallest absolute Gasteiger partial charge is 0.243 e. The highest BCUT2D eigenvalue weighted by molar-refractivity contribution is 9.10. The first-order valence-corrected chi connectivity index (χ1v) is 10.7. The van der Waals surface area contributed by atoms with E-state index in [1.54, 1.807) is 17.9 Å². The number of carbonyl (C=O) groups excluding carboxylic acids is 1. The molecule has 1 aromatic heterocycles. The molecule has 2 heterocycles. The van der Waals surface area contributed by atoms with Gasteiger partial charge >= 0.3 is 0 Å². The molecule has 1 amide bonds. The summed E-state index contributed by atoms with van der Waals surface area (Å²) in [6.45, 7) is 2.54. The van der Waals surface area contributed by atoms with Crippen molar-refractivity contribution in [1.29, 1.82) is 0 Å². The number of sulfonamides is 1. The van der Waals surface area contributed by atoms with Crippen LogP contribution in [0.1, 0.15) is 23.8 Å². The Kier molecular flexibility index (Phi) is 5.10. The van der Waals surface area contributed by atoms with Gasteiger partial charge in [-0.2, -0.15) is 0 Å². The second-order valence-electron chi connectivity index (χ2n) is 5.46. The molecule has 1 aliphatic rings. The number of nitrogens with zero attached hydrogens (tertiary/aromatic N) is 1. The lowest BCUT2D eigenvalue weighted by atomic mass is 10.2. The van der Waals surface area contributed by atoms with E-state index >= 15 is 0 Å². The summed E-state index contributed by atoms with van der Waals surface area (Å²) in [5, 5.41) is 1.90. The van der Waals surface area contributed by atoms with Crippen LogP contribution in [0.5, 0.6) is 0 Å². The Balaban J connectivity index is 1.99. The van der Waals surface area contributed by atoms with Crippen LogP contribution in [-0.2, 0) is 27.8 Å². The van der Waals surface area contributed by atoms with Crippen molar-refractivity contribution >= 4 is 48.9 Å². The van der Waals surface area contributed by atoms with Crippen LogP contribution in [-0.4, -0.2) is 20.9 Å². The molecule has 1 N–H and O–H groups in total. The average Bonchev–Trinajstić information content (AvgIpc) is 3.20. The minimum Gasteiger partial charge on any atom is -0.310 e. The van der Waals surface area contributed by atoms with E-state index in [-0.39, 0.29) is 17.3 Å². The summed E-state index contributed by atoms with van der Waals surface area (Å²) >= 11 is 4.87. The number of halogens is 1. The highest BCUT2D eigenvalue weighted by atomic mass is 79.9. The van der Waals surface area contributed by atoms with Gasteiger partial charge in [0.2, 0.25) is 15.9 Å². The standard InChI is InChI=1S/C16H17BrN2O3S2/c1-2-15(20)19-6-5-11-8-12(17)9-14(16(11)19)24(21,22)18-10-13-4-3-7-23-13/h3-4,7-9,18H,2,5-6,10H2,1H3. The van der Waals surface area contributed by atoms with Gasteiger partial charge in [0.1, 0.15) is 4.90 Å². The fraction of sp³-hybridized carbons (Fsp3) is 0.312. The van der Waals surface area contributed by atoms with Crippen LogP contribution in [0.25, 0.3) is 0 Å². The molecule has 1 aliphatic heterocycles. The van der Waals surface area contributed by atoms with Gasteiger partial charge in [-0.3, -0.25) is 4.79 Å². The molecule has 0 unspecified atom stereocenters. The lowest BCUT2D eigenvalue weighted by Crippen LogP contribution is -2.31. The van der Waals surface area contributed by atoms with E-state index in [1.165, 1.54) is 11.3 Å². The van der Waals surface area contributed by atoms with Crippen molar-refractivity contribution in [3.63, 3.8) is 0 Å². The maximum Gasteiger partial charge on any atom is 0.243 e. The first kappa shape index (κ1) is 17.6. The second-order valence-corrected chi connectivity index (χ2v) is 9.15. The summed E-state index contributed by atoms with van der Waals surface area (Å²) in [6.07, 6.45) is 1.01. The molecule has 0 aliphatic carbocycles. The molecular weight excluding hydrogens is 412 g/mol. The van der Waals surface area contributed by atoms with Crippen LogP contribution >= 0.6 is 27.3 Å². The van der Waals surface area contributed by atoms with Crippen LogP contribution in [0.4, 0.5) is 5.69 Å². The Hall–Kier alpha value is -1.22. The molecule has 2 aromatic rings. The zero-order valence-electron chi connectivity index (χ0n) is 13.1. The first-order valence-electron chi connectivity index (χ1n) is 7.57. The Morgan fingerprint density at radius 1 is 1.42 bits per heavy atom. The van der Waals surface area contributed by atoms with Crippen molar-refractivity contribution < 1.29 is 13.2 Å². The summed E-state index contributed by atoms with van der Waals surface area (Å²) in [7, 11) is -3.73. The molecule has 0 fully saturated rings. The molecule has 128 valence electrons. The van der Waals surface area contributed by atoms with Gasteiger partial charge in [0, 0.05) is 28.9 Å². The third-order valence-electron chi connectivity index (χ3n) is 3.90. The predicted octanol–water partition coefficient (Wildman–Crippen LogP) is 3.29. The summed E-state index contributed by atoms with van der Waals surface area (Å²) in [6, 6.07) is 7.21. The number of hydrogen-bond donors (Lipinski definition) is 1. The topological polar surface area (TPSA) is 66.5 Å². The van der Waals surface area contributed by atoms with Gasteiger partial charge in [0.05, 0.1) is 5.69 Å². The van der Waals surface area contributed by atoms with Gasteiger partial charge in [0.25, 0.3) is 0 Å². The Bertz CT molecular complexity index is 864. The van der Waals surface area contributed by atoms with E-state index in [4.69, 9.17) is 0 Å². The highest BCUT2D eigenvalue weighted by Gasteiger charge is 2.31. The number of nitrogens with one attached hydrogen (secondary N) is 1. The van der Waals surface area contributed by atoms with Gasteiger partial charge in [-0.05, 0) is 35.6 Å². The highest BCUT2D eigenvalue weighted by Crippen LogP contribution is 2.37. The molecule has 0 bridgehead atoms. The number of fused-ring (bicyclic) bond motifs is 1. The molecule has 24 heavy (non-hydrogen) atoms.